The van der Waals surface area contributed by atoms with Crippen molar-refractivity contribution >= 4 is 17.8 Å². The smallest absolute Gasteiger partial charge is 0.309 e. The molecule has 2 aliphatic heterocycles. The number of pyridine rings is 1. The minimum absolute atomic E-state index is 0.0427. The summed E-state index contributed by atoms with van der Waals surface area (Å²) < 4.78 is 12.0. The molecule has 2 N–H and O–H groups in total. The van der Waals surface area contributed by atoms with Gasteiger partial charge in [0.15, 0.2) is 0 Å². The Morgan fingerprint density at radius 1 is 1.14 bits per heavy atom. The summed E-state index contributed by atoms with van der Waals surface area (Å²) in [5.41, 5.74) is 0.353. The molecule has 1 aromatic rings. The summed E-state index contributed by atoms with van der Waals surface area (Å²) in [5.74, 6) is -1.32. The number of rotatable bonds is 2. The van der Waals surface area contributed by atoms with Crippen LogP contribution >= 0.6 is 0 Å². The number of carbonyl (C=O) groups excluding carboxylic acids is 2. The molecule has 36 heavy (non-hydrogen) atoms. The van der Waals surface area contributed by atoms with Crippen LogP contribution in [0.15, 0.2) is 30.0 Å². The Hall–Kier alpha value is -2.09. The molecule has 3 aliphatic rings. The van der Waals surface area contributed by atoms with E-state index in [0.717, 1.165) is 37.0 Å². The number of hydrogen-bond donors (Lipinski definition) is 2. The molecule has 3 fully saturated rings. The Balaban J connectivity index is 1.58. The van der Waals surface area contributed by atoms with E-state index in [0.29, 0.717) is 19.3 Å². The average molecular weight is 500 g/mol. The summed E-state index contributed by atoms with van der Waals surface area (Å²) in [6, 6.07) is 5.65. The minimum Gasteiger partial charge on any atom is -0.458 e. The van der Waals surface area contributed by atoms with Crippen molar-refractivity contribution in [2.24, 2.45) is 17.3 Å². The van der Waals surface area contributed by atoms with E-state index in [9.17, 15) is 19.8 Å². The molecule has 7 unspecified atom stereocenters. The van der Waals surface area contributed by atoms with E-state index in [1.807, 2.05) is 38.1 Å². The molecule has 0 bridgehead atoms. The number of carbonyl (C=O) groups is 2. The molecule has 1 saturated carbocycles. The second-order valence-electron chi connectivity index (χ2n) is 11.5. The van der Waals surface area contributed by atoms with Crippen LogP contribution in [0.25, 0.3) is 6.08 Å². The second kappa shape index (κ2) is 10.7. The number of nitrogens with zero attached hydrogens (tertiary/aromatic N) is 1. The zero-order chi connectivity index (χ0) is 26.1. The molecule has 4 rings (SSSR count). The van der Waals surface area contributed by atoms with Crippen molar-refractivity contribution in [1.29, 1.82) is 0 Å². The van der Waals surface area contributed by atoms with Crippen molar-refractivity contribution in [1.82, 2.24) is 4.98 Å². The largest absolute Gasteiger partial charge is 0.458 e. The lowest BCUT2D eigenvalue weighted by Crippen LogP contribution is -2.53. The Morgan fingerprint density at radius 3 is 2.53 bits per heavy atom. The van der Waals surface area contributed by atoms with Crippen LogP contribution in [0.2, 0.25) is 0 Å². The van der Waals surface area contributed by atoms with Crippen LogP contribution in [0, 0.1) is 17.3 Å². The Bertz CT molecular complexity index is 973. The number of fused-ring (bicyclic) bond motifs is 1. The quantitative estimate of drug-likeness (QED) is 0.462. The fourth-order valence-corrected chi connectivity index (χ4v) is 6.03. The summed E-state index contributed by atoms with van der Waals surface area (Å²) in [6.07, 6.45) is 5.80. The number of cyclic esters (lactones) is 1. The van der Waals surface area contributed by atoms with Crippen LogP contribution in [0.3, 0.4) is 0 Å². The maximum absolute atomic E-state index is 13.5. The summed E-state index contributed by atoms with van der Waals surface area (Å²) in [4.78, 5) is 30.9. The van der Waals surface area contributed by atoms with Gasteiger partial charge in [-0.2, -0.15) is 0 Å². The molecule has 198 valence electrons. The first-order valence-corrected chi connectivity index (χ1v) is 13.4. The van der Waals surface area contributed by atoms with Crippen LogP contribution in [0.4, 0.5) is 0 Å². The van der Waals surface area contributed by atoms with Gasteiger partial charge < -0.3 is 19.7 Å². The van der Waals surface area contributed by atoms with E-state index in [-0.39, 0.29) is 29.8 Å². The zero-order valence-electron chi connectivity index (χ0n) is 22.0. The highest BCUT2D eigenvalue weighted by molar-refractivity contribution is 5.89. The SMILES string of the molecule is C/C(=C\c1ccccn1)C1CC2OC2(C)CCCC(C)C(O)C(C)C(=O)C2(CCC2)C(O)CC(=O)O1. The summed E-state index contributed by atoms with van der Waals surface area (Å²) in [5, 5.41) is 22.0. The Labute approximate surface area is 214 Å². The number of epoxide rings is 1. The third-order valence-electron chi connectivity index (χ3n) is 8.88. The molecule has 0 aromatic carbocycles. The lowest BCUT2D eigenvalue weighted by Gasteiger charge is -2.46. The first-order valence-electron chi connectivity index (χ1n) is 13.4. The van der Waals surface area contributed by atoms with Gasteiger partial charge in [-0.1, -0.05) is 32.8 Å². The summed E-state index contributed by atoms with van der Waals surface area (Å²) in [7, 11) is 0. The lowest BCUT2D eigenvalue weighted by atomic mass is 9.58. The highest BCUT2D eigenvalue weighted by Gasteiger charge is 2.54. The Morgan fingerprint density at radius 2 is 1.89 bits per heavy atom. The number of aliphatic hydroxyl groups is 2. The Kier molecular flexibility index (Phi) is 8.03. The molecule has 3 heterocycles. The third kappa shape index (κ3) is 5.58. The molecule has 7 heteroatoms. The van der Waals surface area contributed by atoms with E-state index >= 15 is 0 Å². The van der Waals surface area contributed by atoms with Crippen LogP contribution in [-0.2, 0) is 19.1 Å². The van der Waals surface area contributed by atoms with E-state index in [1.54, 1.807) is 13.1 Å². The first-order chi connectivity index (χ1) is 17.1. The van der Waals surface area contributed by atoms with Crippen LogP contribution in [-0.4, -0.2) is 57.0 Å². The van der Waals surface area contributed by atoms with Crippen LogP contribution < -0.4 is 0 Å². The highest BCUT2D eigenvalue weighted by atomic mass is 16.6. The van der Waals surface area contributed by atoms with Gasteiger partial charge in [-0.3, -0.25) is 14.6 Å². The van der Waals surface area contributed by atoms with Crippen molar-refractivity contribution in [2.45, 2.75) is 109 Å². The third-order valence-corrected chi connectivity index (χ3v) is 8.88. The number of aromatic nitrogens is 1. The van der Waals surface area contributed by atoms with Gasteiger partial charge in [0.2, 0.25) is 0 Å². The molecule has 0 radical (unpaired) electrons. The van der Waals surface area contributed by atoms with Crippen molar-refractivity contribution in [2.75, 3.05) is 0 Å². The predicted molar refractivity (Wildman–Crippen MR) is 136 cm³/mol. The fraction of sp³-hybridized carbons (Fsp3) is 0.690. The van der Waals surface area contributed by atoms with Crippen LogP contribution in [0.1, 0.15) is 84.8 Å². The van der Waals surface area contributed by atoms with Crippen molar-refractivity contribution < 1.29 is 29.3 Å². The number of Topliss-reactive ketones (excluding diaryl/α,β-unsaturated/α-hetero) is 1. The molecule has 7 atom stereocenters. The number of aliphatic hydroxyl groups excluding tert-OH is 2. The second-order valence-corrected chi connectivity index (χ2v) is 11.5. The van der Waals surface area contributed by atoms with Gasteiger partial charge in [0, 0.05) is 18.5 Å². The first kappa shape index (κ1) is 27.0. The van der Waals surface area contributed by atoms with E-state index < -0.39 is 35.6 Å². The van der Waals surface area contributed by atoms with Gasteiger partial charge in [-0.05, 0) is 69.2 Å². The van der Waals surface area contributed by atoms with Gasteiger partial charge in [0.05, 0.1) is 41.4 Å². The normalized spacial score (nSPS) is 38.1. The van der Waals surface area contributed by atoms with Gasteiger partial charge >= 0.3 is 5.97 Å². The van der Waals surface area contributed by atoms with E-state index in [1.165, 1.54) is 0 Å². The van der Waals surface area contributed by atoms with Gasteiger partial charge in [0.25, 0.3) is 0 Å². The van der Waals surface area contributed by atoms with Crippen molar-refractivity contribution in [3.63, 3.8) is 0 Å². The number of ketones is 1. The topological polar surface area (TPSA) is 109 Å². The monoisotopic (exact) mass is 499 g/mol. The molecule has 1 aromatic heterocycles. The predicted octanol–water partition coefficient (Wildman–Crippen LogP) is 4.25. The molecule has 0 amide bonds. The summed E-state index contributed by atoms with van der Waals surface area (Å²) in [6.45, 7) is 7.73. The molecule has 1 spiro atoms. The maximum atomic E-state index is 13.5. The molecular formula is C29H41NO6. The molecule has 2 saturated heterocycles. The maximum Gasteiger partial charge on any atom is 0.309 e. The van der Waals surface area contributed by atoms with Crippen molar-refractivity contribution in [3.05, 3.63) is 35.7 Å². The number of esters is 1. The van der Waals surface area contributed by atoms with Gasteiger partial charge in [-0.15, -0.1) is 0 Å². The molecule has 1 aliphatic carbocycles. The lowest BCUT2D eigenvalue weighted by molar-refractivity contribution is -0.161. The average Bonchev–Trinajstić information content (AvgIpc) is 3.45. The standard InChI is InChI=1S/C29H41NO6/c1-18-9-7-11-28(4)24(36-28)16-22(19(2)15-21-10-5-6-14-30-21)35-25(32)17-23(31)29(12-8-13-29)27(34)20(3)26(18)33/h5-6,10,14-15,18,20,22-24,26,31,33H,7-9,11-13,16-17H2,1-4H3/b19-15+. The molecule has 7 nitrogen and oxygen atoms in total. The van der Waals surface area contributed by atoms with Crippen LogP contribution in [0.5, 0.6) is 0 Å². The molecular weight excluding hydrogens is 458 g/mol. The minimum atomic E-state index is -1.13. The van der Waals surface area contributed by atoms with Gasteiger partial charge in [-0.25, -0.2) is 0 Å². The zero-order valence-corrected chi connectivity index (χ0v) is 22.0. The number of ether oxygens (including phenoxy) is 2. The highest BCUT2D eigenvalue weighted by Crippen LogP contribution is 2.49. The van der Waals surface area contributed by atoms with Gasteiger partial charge in [0.1, 0.15) is 11.9 Å². The van der Waals surface area contributed by atoms with Crippen molar-refractivity contribution in [3.8, 4) is 0 Å². The fourth-order valence-electron chi connectivity index (χ4n) is 6.03. The van der Waals surface area contributed by atoms with E-state index in [2.05, 4.69) is 11.9 Å². The van der Waals surface area contributed by atoms with E-state index in [4.69, 9.17) is 9.47 Å². The summed E-state index contributed by atoms with van der Waals surface area (Å²) >= 11 is 0. The number of hydrogen-bond acceptors (Lipinski definition) is 7.